The molecule has 2 rings (SSSR count). The van der Waals surface area contributed by atoms with E-state index in [1.165, 1.54) is 18.9 Å². The Morgan fingerprint density at radius 3 is 2.00 bits per heavy atom. The van der Waals surface area contributed by atoms with Crippen LogP contribution in [0.25, 0.3) is 0 Å². The van der Waals surface area contributed by atoms with E-state index in [2.05, 4.69) is 13.1 Å². The highest BCUT2D eigenvalue weighted by Gasteiger charge is 2.19. The minimum atomic E-state index is -1.42. The van der Waals surface area contributed by atoms with Crippen LogP contribution >= 0.6 is 0 Å². The number of esters is 1. The van der Waals surface area contributed by atoms with E-state index in [0.717, 1.165) is 18.6 Å². The predicted molar refractivity (Wildman–Crippen MR) is 118 cm³/mol. The third kappa shape index (κ3) is 8.29. The van der Waals surface area contributed by atoms with Crippen LogP contribution in [-0.2, 0) is 4.43 Å². The molecule has 0 saturated heterocycles. The number of hydrogen-bond acceptors (Lipinski definition) is 5. The van der Waals surface area contributed by atoms with E-state index >= 15 is 0 Å². The molecule has 0 bridgehead atoms. The van der Waals surface area contributed by atoms with Crippen molar-refractivity contribution >= 4 is 14.3 Å². The van der Waals surface area contributed by atoms with Crippen molar-refractivity contribution in [2.75, 3.05) is 20.8 Å². The van der Waals surface area contributed by atoms with Gasteiger partial charge in [-0.05, 0) is 74.1 Å². The minimum Gasteiger partial charge on any atom is -0.497 e. The van der Waals surface area contributed by atoms with Gasteiger partial charge in [-0.3, -0.25) is 0 Å². The van der Waals surface area contributed by atoms with E-state index in [9.17, 15) is 4.79 Å². The van der Waals surface area contributed by atoms with Gasteiger partial charge in [0.15, 0.2) is 8.32 Å². The summed E-state index contributed by atoms with van der Waals surface area (Å²) in [5.41, 5.74) is 0.484. The fourth-order valence-corrected chi connectivity index (χ4v) is 4.10. The van der Waals surface area contributed by atoms with Crippen LogP contribution in [0.3, 0.4) is 0 Å². The van der Waals surface area contributed by atoms with Gasteiger partial charge in [-0.25, -0.2) is 4.79 Å². The molecule has 5 nitrogen and oxygen atoms in total. The van der Waals surface area contributed by atoms with Gasteiger partial charge < -0.3 is 18.6 Å². The molecule has 6 heteroatoms. The Labute approximate surface area is 175 Å². The first-order valence-electron chi connectivity index (χ1n) is 10.1. The van der Waals surface area contributed by atoms with E-state index in [1.807, 2.05) is 7.11 Å². The number of methoxy groups -OCH3 is 1. The molecule has 0 fully saturated rings. The average molecular weight is 417 g/mol. The first-order valence-corrected chi connectivity index (χ1v) is 13.2. The number of carbonyl (C=O) groups excluding carboxylic acids is 1. The lowest BCUT2D eigenvalue weighted by atomic mass is 10.2. The van der Waals surface area contributed by atoms with Crippen LogP contribution in [0.1, 0.15) is 36.0 Å². The smallest absolute Gasteiger partial charge is 0.343 e. The van der Waals surface area contributed by atoms with Crippen molar-refractivity contribution in [1.82, 2.24) is 0 Å². The van der Waals surface area contributed by atoms with E-state index < -0.39 is 14.3 Å². The Morgan fingerprint density at radius 2 is 1.38 bits per heavy atom. The zero-order valence-corrected chi connectivity index (χ0v) is 18.9. The molecule has 0 N–H and O–H groups in total. The third-order valence-electron chi connectivity index (χ3n) is 4.85. The van der Waals surface area contributed by atoms with E-state index in [4.69, 9.17) is 18.6 Å². The summed E-state index contributed by atoms with van der Waals surface area (Å²) in [6.07, 6.45) is 4.61. The molecule has 0 radical (unpaired) electrons. The van der Waals surface area contributed by atoms with Gasteiger partial charge in [0.05, 0.1) is 19.3 Å². The summed E-state index contributed by atoms with van der Waals surface area (Å²) >= 11 is 0. The molecular formula is C23H32O5Si. The summed E-state index contributed by atoms with van der Waals surface area (Å²) < 4.78 is 21.8. The molecule has 29 heavy (non-hydrogen) atoms. The fraction of sp³-hybridized carbons (Fsp3) is 0.435. The zero-order valence-electron chi connectivity index (χ0n) is 17.9. The Kier molecular flexibility index (Phi) is 9.21. The third-order valence-corrected chi connectivity index (χ3v) is 7.52. The Balaban J connectivity index is 1.68. The lowest BCUT2D eigenvalue weighted by Gasteiger charge is -2.19. The normalized spacial score (nSPS) is 11.2. The topological polar surface area (TPSA) is 54.0 Å². The molecule has 0 amide bonds. The quantitative estimate of drug-likeness (QED) is 0.192. The van der Waals surface area contributed by atoms with Crippen LogP contribution in [-0.4, -0.2) is 35.1 Å². The van der Waals surface area contributed by atoms with Gasteiger partial charge >= 0.3 is 5.97 Å². The molecule has 0 heterocycles. The maximum Gasteiger partial charge on any atom is 0.343 e. The molecule has 2 aromatic rings. The summed E-state index contributed by atoms with van der Waals surface area (Å²) in [5, 5.41) is 0. The fourth-order valence-electron chi connectivity index (χ4n) is 2.80. The van der Waals surface area contributed by atoms with Crippen molar-refractivity contribution < 1.29 is 23.4 Å². The molecule has 0 unspecified atom stereocenters. The summed E-state index contributed by atoms with van der Waals surface area (Å²) in [4.78, 5) is 12.2. The van der Waals surface area contributed by atoms with Crippen molar-refractivity contribution in [3.63, 3.8) is 0 Å². The van der Waals surface area contributed by atoms with E-state index in [0.29, 0.717) is 23.7 Å². The van der Waals surface area contributed by atoms with Crippen molar-refractivity contribution in [2.24, 2.45) is 0 Å². The lowest BCUT2D eigenvalue weighted by Crippen LogP contribution is -2.27. The summed E-state index contributed by atoms with van der Waals surface area (Å²) in [7, 11) is 2.00. The molecule has 0 spiro atoms. The largest absolute Gasteiger partial charge is 0.497 e. The summed E-state index contributed by atoms with van der Waals surface area (Å²) in [6, 6.07) is 15.2. The SMILES string of the molecule is COc1ccc(OC(=O)c2ccc(OCCCCCC[Si](C)(C)OC)cc2)cc1. The van der Waals surface area contributed by atoms with Gasteiger partial charge in [-0.15, -0.1) is 0 Å². The Hall–Kier alpha value is -2.31. The van der Waals surface area contributed by atoms with Crippen LogP contribution in [0.15, 0.2) is 48.5 Å². The number of hydrogen-bond donors (Lipinski definition) is 0. The second kappa shape index (κ2) is 11.6. The van der Waals surface area contributed by atoms with Gasteiger partial charge in [0.25, 0.3) is 0 Å². The van der Waals surface area contributed by atoms with Crippen LogP contribution < -0.4 is 14.2 Å². The van der Waals surface area contributed by atoms with Crippen LogP contribution in [0, 0.1) is 0 Å². The molecule has 0 aromatic heterocycles. The van der Waals surface area contributed by atoms with Crippen molar-refractivity contribution in [3.8, 4) is 17.2 Å². The molecule has 0 atom stereocenters. The molecule has 0 aliphatic heterocycles. The number of carbonyl (C=O) groups is 1. The lowest BCUT2D eigenvalue weighted by molar-refractivity contribution is 0.0734. The summed E-state index contributed by atoms with van der Waals surface area (Å²) in [6.45, 7) is 5.19. The van der Waals surface area contributed by atoms with Crippen molar-refractivity contribution in [3.05, 3.63) is 54.1 Å². The second-order valence-electron chi connectivity index (χ2n) is 7.57. The van der Waals surface area contributed by atoms with Gasteiger partial charge in [0.1, 0.15) is 17.2 Å². The molecule has 158 valence electrons. The highest BCUT2D eigenvalue weighted by atomic mass is 28.4. The maximum absolute atomic E-state index is 12.2. The van der Waals surface area contributed by atoms with Crippen LogP contribution in [0.4, 0.5) is 0 Å². The van der Waals surface area contributed by atoms with E-state index in [-0.39, 0.29) is 0 Å². The Morgan fingerprint density at radius 1 is 0.793 bits per heavy atom. The predicted octanol–water partition coefficient (Wildman–Crippen LogP) is 5.71. The maximum atomic E-state index is 12.2. The minimum absolute atomic E-state index is 0.399. The van der Waals surface area contributed by atoms with Crippen molar-refractivity contribution in [2.45, 2.75) is 44.8 Å². The van der Waals surface area contributed by atoms with Crippen molar-refractivity contribution in [1.29, 1.82) is 0 Å². The highest BCUT2D eigenvalue weighted by Crippen LogP contribution is 2.20. The first-order chi connectivity index (χ1) is 13.9. The molecule has 2 aromatic carbocycles. The molecule has 0 aliphatic rings. The standard InChI is InChI=1S/C23H32O5Si/c1-25-20-13-15-22(16-14-20)28-23(24)19-9-11-21(12-10-19)27-17-7-5-6-8-18-29(3,4)26-2/h9-16H,5-8,17-18H2,1-4H3. The van der Waals surface area contributed by atoms with E-state index in [1.54, 1.807) is 55.6 Å². The van der Waals surface area contributed by atoms with Crippen LogP contribution in [0.2, 0.25) is 19.1 Å². The van der Waals surface area contributed by atoms with Gasteiger partial charge in [-0.2, -0.15) is 0 Å². The number of unbranched alkanes of at least 4 members (excludes halogenated alkanes) is 3. The monoisotopic (exact) mass is 416 g/mol. The Bertz CT molecular complexity index is 741. The first kappa shape index (κ1) is 23.0. The summed E-state index contributed by atoms with van der Waals surface area (Å²) in [5.74, 6) is 1.56. The number of ether oxygens (including phenoxy) is 3. The number of rotatable bonds is 12. The van der Waals surface area contributed by atoms with Gasteiger partial charge in [0, 0.05) is 7.11 Å². The van der Waals surface area contributed by atoms with Gasteiger partial charge in [-0.1, -0.05) is 19.3 Å². The second-order valence-corrected chi connectivity index (χ2v) is 12.0. The molecule has 0 aliphatic carbocycles. The van der Waals surface area contributed by atoms with Gasteiger partial charge in [0.2, 0.25) is 0 Å². The highest BCUT2D eigenvalue weighted by molar-refractivity contribution is 6.71. The van der Waals surface area contributed by atoms with Crippen LogP contribution in [0.5, 0.6) is 17.2 Å². The zero-order chi connectivity index (χ0) is 21.1. The molecule has 0 saturated carbocycles. The number of benzene rings is 2. The molecular weight excluding hydrogens is 384 g/mol. The average Bonchev–Trinajstić information content (AvgIpc) is 2.74.